The van der Waals surface area contributed by atoms with Crippen LogP contribution in [0.4, 0.5) is 0 Å². The van der Waals surface area contributed by atoms with Crippen LogP contribution in [0.1, 0.15) is 106 Å². The number of hydrogen-bond donors (Lipinski definition) is 2. The van der Waals surface area contributed by atoms with Gasteiger partial charge in [0.25, 0.3) is 0 Å². The maximum absolute atomic E-state index is 10.8. The van der Waals surface area contributed by atoms with Crippen molar-refractivity contribution in [3.63, 3.8) is 0 Å². The lowest BCUT2D eigenvalue weighted by Crippen LogP contribution is -2.56. The minimum Gasteiger partial charge on any atom is -0.393 e. The van der Waals surface area contributed by atoms with E-state index < -0.39 is 0 Å². The average molecular weight is 443 g/mol. The largest absolute Gasteiger partial charge is 0.393 e. The summed E-state index contributed by atoms with van der Waals surface area (Å²) in [6.07, 6.45) is 10.7. The molecule has 182 valence electrons. The van der Waals surface area contributed by atoms with Crippen LogP contribution in [0.3, 0.4) is 0 Å². The number of allylic oxidation sites excluding steroid dienone is 2. The minimum absolute atomic E-state index is 0.0129. The monoisotopic (exact) mass is 442 g/mol. The van der Waals surface area contributed by atoms with Gasteiger partial charge in [0.2, 0.25) is 0 Å². The molecular weight excluding hydrogens is 392 g/mol. The van der Waals surface area contributed by atoms with Gasteiger partial charge in [-0.05, 0) is 110 Å². The van der Waals surface area contributed by atoms with E-state index in [-0.39, 0.29) is 33.9 Å². The van der Waals surface area contributed by atoms with E-state index >= 15 is 0 Å². The van der Waals surface area contributed by atoms with Crippen LogP contribution < -0.4 is 0 Å². The highest BCUT2D eigenvalue weighted by molar-refractivity contribution is 5.20. The fraction of sp³-hybridized carbons (Fsp3) is 0.867. The lowest BCUT2D eigenvalue weighted by molar-refractivity contribution is -0.134. The first-order chi connectivity index (χ1) is 14.8. The van der Waals surface area contributed by atoms with E-state index in [0.717, 1.165) is 38.5 Å². The predicted octanol–water partition coefficient (Wildman–Crippen LogP) is 7.31. The Labute approximate surface area is 198 Å². The van der Waals surface area contributed by atoms with Gasteiger partial charge in [-0.3, -0.25) is 0 Å². The summed E-state index contributed by atoms with van der Waals surface area (Å²) < 4.78 is 0. The van der Waals surface area contributed by atoms with Gasteiger partial charge in [-0.25, -0.2) is 0 Å². The third-order valence-corrected chi connectivity index (χ3v) is 11.8. The van der Waals surface area contributed by atoms with Gasteiger partial charge < -0.3 is 10.2 Å². The second-order valence-corrected chi connectivity index (χ2v) is 13.9. The standard InChI is InChI=1S/C30H50O2/c1-19-9-13-23-27(3,4)25(31)15-17-29(23,7)21(19)11-12-22-20(2)10-14-24-28(5,6)26(32)16-18-30(22,24)8/h21-26,31-32H,1-2,9-18H2,3-8H3/t21-,22-,23+,24+,25-,26-,29+,30+/m1/s1. The Morgan fingerprint density at radius 2 is 1.00 bits per heavy atom. The second-order valence-electron chi connectivity index (χ2n) is 13.9. The number of rotatable bonds is 3. The summed E-state index contributed by atoms with van der Waals surface area (Å²) >= 11 is 0. The summed E-state index contributed by atoms with van der Waals surface area (Å²) in [5.41, 5.74) is 3.38. The Morgan fingerprint density at radius 1 is 0.656 bits per heavy atom. The van der Waals surface area contributed by atoms with Crippen LogP contribution in [0.5, 0.6) is 0 Å². The van der Waals surface area contributed by atoms with E-state index in [1.54, 1.807) is 0 Å². The van der Waals surface area contributed by atoms with Gasteiger partial charge >= 0.3 is 0 Å². The van der Waals surface area contributed by atoms with Crippen LogP contribution in [0.25, 0.3) is 0 Å². The SMILES string of the molecule is C=C1CC[C@H]2C(C)(C)[C@H](O)CC[C@@]2(C)[C@@H]1CC[C@@H]1C(=C)CC[C@H]2C(C)(C)[C@H](O)CC[C@@]12C. The summed E-state index contributed by atoms with van der Waals surface area (Å²) in [6, 6.07) is 0. The van der Waals surface area contributed by atoms with Gasteiger partial charge in [-0.2, -0.15) is 0 Å². The number of fused-ring (bicyclic) bond motifs is 2. The first-order valence-electron chi connectivity index (χ1n) is 13.5. The van der Waals surface area contributed by atoms with Gasteiger partial charge in [0.05, 0.1) is 12.2 Å². The van der Waals surface area contributed by atoms with Crippen LogP contribution >= 0.6 is 0 Å². The molecular formula is C30H50O2. The van der Waals surface area contributed by atoms with E-state index in [9.17, 15) is 10.2 Å². The molecule has 2 N–H and O–H groups in total. The van der Waals surface area contributed by atoms with E-state index in [4.69, 9.17) is 0 Å². The zero-order chi connectivity index (χ0) is 23.7. The Kier molecular flexibility index (Phi) is 6.11. The molecule has 0 aliphatic heterocycles. The summed E-state index contributed by atoms with van der Waals surface area (Å²) in [7, 11) is 0. The Hall–Kier alpha value is -0.600. The molecule has 0 bridgehead atoms. The van der Waals surface area contributed by atoms with Crippen molar-refractivity contribution < 1.29 is 10.2 Å². The van der Waals surface area contributed by atoms with Crippen molar-refractivity contribution in [1.29, 1.82) is 0 Å². The number of aliphatic hydroxyl groups is 2. The smallest absolute Gasteiger partial charge is 0.0594 e. The molecule has 2 heteroatoms. The molecule has 0 aromatic rings. The average Bonchev–Trinajstić information content (AvgIpc) is 2.69. The molecule has 0 unspecified atom stereocenters. The molecule has 4 aliphatic rings. The molecule has 0 radical (unpaired) electrons. The molecule has 4 rings (SSSR count). The summed E-state index contributed by atoms with van der Waals surface area (Å²) in [6.45, 7) is 23.4. The van der Waals surface area contributed by atoms with Crippen molar-refractivity contribution in [3.05, 3.63) is 24.3 Å². The first-order valence-corrected chi connectivity index (χ1v) is 13.5. The molecule has 0 aromatic carbocycles. The molecule has 0 heterocycles. The fourth-order valence-corrected chi connectivity index (χ4v) is 9.73. The van der Waals surface area contributed by atoms with Crippen molar-refractivity contribution in [2.75, 3.05) is 0 Å². The molecule has 4 aliphatic carbocycles. The van der Waals surface area contributed by atoms with Crippen molar-refractivity contribution in [3.8, 4) is 0 Å². The van der Waals surface area contributed by atoms with Crippen LogP contribution in [-0.2, 0) is 0 Å². The van der Waals surface area contributed by atoms with Crippen LogP contribution in [0.15, 0.2) is 24.3 Å². The maximum atomic E-state index is 10.8. The van der Waals surface area contributed by atoms with Crippen LogP contribution in [0, 0.1) is 45.3 Å². The Bertz CT molecular complexity index is 699. The lowest BCUT2D eigenvalue weighted by atomic mass is 9.44. The zero-order valence-corrected chi connectivity index (χ0v) is 21.8. The van der Waals surface area contributed by atoms with Gasteiger partial charge in [-0.1, -0.05) is 65.8 Å². The summed E-state index contributed by atoms with van der Waals surface area (Å²) in [5.74, 6) is 2.23. The van der Waals surface area contributed by atoms with E-state index in [1.165, 1.54) is 36.8 Å². The predicted molar refractivity (Wildman–Crippen MR) is 134 cm³/mol. The number of aliphatic hydroxyl groups excluding tert-OH is 2. The summed E-state index contributed by atoms with van der Waals surface area (Å²) in [4.78, 5) is 0. The fourth-order valence-electron chi connectivity index (χ4n) is 9.73. The second kappa shape index (κ2) is 7.98. The topological polar surface area (TPSA) is 40.5 Å². The highest BCUT2D eigenvalue weighted by Crippen LogP contribution is 2.64. The van der Waals surface area contributed by atoms with Gasteiger partial charge in [0.15, 0.2) is 0 Å². The molecule has 8 atom stereocenters. The lowest BCUT2D eigenvalue weighted by Gasteiger charge is -2.61. The molecule has 32 heavy (non-hydrogen) atoms. The third-order valence-electron chi connectivity index (χ3n) is 11.8. The summed E-state index contributed by atoms with van der Waals surface area (Å²) in [5, 5.41) is 21.6. The highest BCUT2D eigenvalue weighted by Gasteiger charge is 2.58. The van der Waals surface area contributed by atoms with Crippen molar-refractivity contribution in [2.24, 2.45) is 45.3 Å². The van der Waals surface area contributed by atoms with Gasteiger partial charge in [-0.15, -0.1) is 0 Å². The molecule has 0 aromatic heterocycles. The molecule has 0 amide bonds. The van der Waals surface area contributed by atoms with Crippen molar-refractivity contribution in [2.45, 2.75) is 118 Å². The first kappa shape index (κ1) is 24.5. The van der Waals surface area contributed by atoms with E-state index in [2.05, 4.69) is 54.7 Å². The zero-order valence-electron chi connectivity index (χ0n) is 21.8. The number of hydrogen-bond acceptors (Lipinski definition) is 2. The third kappa shape index (κ3) is 3.49. The molecule has 4 fully saturated rings. The quantitative estimate of drug-likeness (QED) is 0.450. The molecule has 4 saturated carbocycles. The Balaban J connectivity index is 1.57. The normalized spacial score (nSPS) is 48.1. The molecule has 2 nitrogen and oxygen atoms in total. The Morgan fingerprint density at radius 3 is 1.34 bits per heavy atom. The highest BCUT2D eigenvalue weighted by atomic mass is 16.3. The van der Waals surface area contributed by atoms with Crippen LogP contribution in [-0.4, -0.2) is 22.4 Å². The minimum atomic E-state index is -0.179. The van der Waals surface area contributed by atoms with Crippen molar-refractivity contribution in [1.82, 2.24) is 0 Å². The van der Waals surface area contributed by atoms with Gasteiger partial charge in [0.1, 0.15) is 0 Å². The van der Waals surface area contributed by atoms with Crippen molar-refractivity contribution >= 4 is 0 Å². The van der Waals surface area contributed by atoms with E-state index in [0.29, 0.717) is 23.7 Å². The maximum Gasteiger partial charge on any atom is 0.0594 e. The van der Waals surface area contributed by atoms with Gasteiger partial charge in [0, 0.05) is 0 Å². The molecule has 0 spiro atoms. The molecule has 0 saturated heterocycles. The van der Waals surface area contributed by atoms with Crippen LogP contribution in [0.2, 0.25) is 0 Å². The van der Waals surface area contributed by atoms with E-state index in [1.807, 2.05) is 0 Å².